The fourth-order valence-electron chi connectivity index (χ4n) is 1.96. The first-order valence-electron chi connectivity index (χ1n) is 7.07. The van der Waals surface area contributed by atoms with Crippen molar-refractivity contribution in [2.24, 2.45) is 0 Å². The van der Waals surface area contributed by atoms with E-state index in [1.165, 1.54) is 11.8 Å². The summed E-state index contributed by atoms with van der Waals surface area (Å²) in [5.74, 6) is 2.29. The number of hydrogen-bond donors (Lipinski definition) is 2. The molecule has 0 aliphatic heterocycles. The predicted molar refractivity (Wildman–Crippen MR) is 88.0 cm³/mol. The number of rotatable bonds is 6. The van der Waals surface area contributed by atoms with Gasteiger partial charge in [0, 0.05) is 17.6 Å². The molecular weight excluding hydrogens is 316 g/mol. The number of halogens is 1. The highest BCUT2D eigenvalue weighted by molar-refractivity contribution is 6.30. The summed E-state index contributed by atoms with van der Waals surface area (Å²) in [7, 11) is 0. The number of aromatic nitrogens is 4. The van der Waals surface area contributed by atoms with Crippen molar-refractivity contribution in [3.63, 3.8) is 0 Å². The smallest absolute Gasteiger partial charge is 0.244 e. The molecule has 0 saturated carbocycles. The van der Waals surface area contributed by atoms with Crippen LogP contribution in [0.4, 0.5) is 17.6 Å². The standard InChI is InChI=1S/C15H15ClN6O/c1-10-8-13(22-23-10)19-14-9-18-21-15(20-14)17-7-6-11-2-4-12(16)5-3-11/h2-5,8-9H,6-7H2,1H3,(H2,17,19,20,21,22). The van der Waals surface area contributed by atoms with E-state index in [0.717, 1.165) is 17.2 Å². The highest BCUT2D eigenvalue weighted by Gasteiger charge is 2.04. The highest BCUT2D eigenvalue weighted by atomic mass is 35.5. The second-order valence-electron chi connectivity index (χ2n) is 4.92. The monoisotopic (exact) mass is 330 g/mol. The molecule has 8 heteroatoms. The third-order valence-electron chi connectivity index (χ3n) is 3.05. The minimum Gasteiger partial charge on any atom is -0.360 e. The fraction of sp³-hybridized carbons (Fsp3) is 0.200. The van der Waals surface area contributed by atoms with Gasteiger partial charge in [0.25, 0.3) is 0 Å². The van der Waals surface area contributed by atoms with Gasteiger partial charge in [-0.1, -0.05) is 28.9 Å². The van der Waals surface area contributed by atoms with Crippen LogP contribution in [0.5, 0.6) is 0 Å². The molecule has 0 radical (unpaired) electrons. The third kappa shape index (κ3) is 4.40. The molecule has 3 aromatic rings. The van der Waals surface area contributed by atoms with Gasteiger partial charge in [0.15, 0.2) is 11.6 Å². The first kappa shape index (κ1) is 15.2. The van der Waals surface area contributed by atoms with Gasteiger partial charge in [-0.3, -0.25) is 0 Å². The predicted octanol–water partition coefficient (Wildman–Crippen LogP) is 3.22. The van der Waals surface area contributed by atoms with E-state index in [0.29, 0.717) is 24.1 Å². The quantitative estimate of drug-likeness (QED) is 0.717. The van der Waals surface area contributed by atoms with E-state index in [-0.39, 0.29) is 0 Å². The molecular formula is C15H15ClN6O. The molecule has 0 fully saturated rings. The largest absolute Gasteiger partial charge is 0.360 e. The topological polar surface area (TPSA) is 88.8 Å². The Morgan fingerprint density at radius 3 is 2.74 bits per heavy atom. The Balaban J connectivity index is 1.56. The Morgan fingerprint density at radius 1 is 1.17 bits per heavy atom. The number of hydrogen-bond acceptors (Lipinski definition) is 7. The Kier molecular flexibility index (Phi) is 4.68. The maximum atomic E-state index is 5.86. The zero-order valence-corrected chi connectivity index (χ0v) is 13.2. The van der Waals surface area contributed by atoms with Crippen LogP contribution >= 0.6 is 11.6 Å². The molecule has 118 valence electrons. The molecule has 7 nitrogen and oxygen atoms in total. The second kappa shape index (κ2) is 7.06. The molecule has 0 spiro atoms. The summed E-state index contributed by atoms with van der Waals surface area (Å²) in [5.41, 5.74) is 1.18. The Bertz CT molecular complexity index is 774. The molecule has 2 N–H and O–H groups in total. The van der Waals surface area contributed by atoms with Gasteiger partial charge < -0.3 is 15.2 Å². The van der Waals surface area contributed by atoms with E-state index in [1.807, 2.05) is 31.2 Å². The van der Waals surface area contributed by atoms with Crippen LogP contribution in [0.2, 0.25) is 5.02 Å². The summed E-state index contributed by atoms with van der Waals surface area (Å²) in [5, 5.41) is 18.6. The van der Waals surface area contributed by atoms with E-state index in [2.05, 4.69) is 31.0 Å². The summed E-state index contributed by atoms with van der Waals surface area (Å²) in [6, 6.07) is 9.51. The van der Waals surface area contributed by atoms with Gasteiger partial charge in [-0.15, -0.1) is 5.10 Å². The van der Waals surface area contributed by atoms with Gasteiger partial charge in [-0.25, -0.2) is 0 Å². The van der Waals surface area contributed by atoms with Crippen LogP contribution in [0.25, 0.3) is 0 Å². The number of aryl methyl sites for hydroxylation is 1. The second-order valence-corrected chi connectivity index (χ2v) is 5.35. The fourth-order valence-corrected chi connectivity index (χ4v) is 2.09. The summed E-state index contributed by atoms with van der Waals surface area (Å²) in [6.07, 6.45) is 2.36. The van der Waals surface area contributed by atoms with Gasteiger partial charge in [0.1, 0.15) is 5.76 Å². The van der Waals surface area contributed by atoms with Gasteiger partial charge in [0.2, 0.25) is 5.95 Å². The highest BCUT2D eigenvalue weighted by Crippen LogP contribution is 2.14. The molecule has 0 saturated heterocycles. The van der Waals surface area contributed by atoms with E-state index in [4.69, 9.17) is 16.1 Å². The Morgan fingerprint density at radius 2 is 2.00 bits per heavy atom. The molecule has 0 aliphatic carbocycles. The number of anilines is 3. The Hall–Kier alpha value is -2.67. The zero-order valence-electron chi connectivity index (χ0n) is 12.5. The SMILES string of the molecule is Cc1cc(Nc2cnnc(NCCc3ccc(Cl)cc3)n2)no1. The minimum absolute atomic E-state index is 0.448. The number of nitrogens with zero attached hydrogens (tertiary/aromatic N) is 4. The third-order valence-corrected chi connectivity index (χ3v) is 3.30. The van der Waals surface area contributed by atoms with Crippen molar-refractivity contribution in [3.05, 3.63) is 52.9 Å². The van der Waals surface area contributed by atoms with Crippen LogP contribution < -0.4 is 10.6 Å². The van der Waals surface area contributed by atoms with Crippen LogP contribution in [0.1, 0.15) is 11.3 Å². The van der Waals surface area contributed by atoms with Crippen LogP contribution in [0.15, 0.2) is 41.1 Å². The number of nitrogens with one attached hydrogen (secondary N) is 2. The van der Waals surface area contributed by atoms with E-state index >= 15 is 0 Å². The van der Waals surface area contributed by atoms with Crippen molar-refractivity contribution in [1.82, 2.24) is 20.3 Å². The van der Waals surface area contributed by atoms with Gasteiger partial charge >= 0.3 is 0 Å². The first-order chi connectivity index (χ1) is 11.2. The minimum atomic E-state index is 0.448. The van der Waals surface area contributed by atoms with Crippen molar-refractivity contribution in [3.8, 4) is 0 Å². The van der Waals surface area contributed by atoms with E-state index in [9.17, 15) is 0 Å². The van der Waals surface area contributed by atoms with E-state index < -0.39 is 0 Å². The van der Waals surface area contributed by atoms with Gasteiger partial charge in [0.05, 0.1) is 6.20 Å². The van der Waals surface area contributed by atoms with Crippen LogP contribution in [-0.4, -0.2) is 26.9 Å². The Labute approximate surface area is 138 Å². The van der Waals surface area contributed by atoms with Crippen molar-refractivity contribution in [2.75, 3.05) is 17.2 Å². The lowest BCUT2D eigenvalue weighted by Crippen LogP contribution is -2.09. The maximum Gasteiger partial charge on any atom is 0.244 e. The normalized spacial score (nSPS) is 10.5. The molecule has 0 atom stereocenters. The van der Waals surface area contributed by atoms with Gasteiger partial charge in [-0.2, -0.15) is 10.1 Å². The van der Waals surface area contributed by atoms with E-state index in [1.54, 1.807) is 6.07 Å². The zero-order chi connectivity index (χ0) is 16.1. The lowest BCUT2D eigenvalue weighted by molar-refractivity contribution is 0.400. The van der Waals surface area contributed by atoms with Crippen LogP contribution in [0, 0.1) is 6.92 Å². The molecule has 2 heterocycles. The molecule has 3 rings (SSSR count). The van der Waals surface area contributed by atoms with Crippen molar-refractivity contribution in [1.29, 1.82) is 0 Å². The summed E-state index contributed by atoms with van der Waals surface area (Å²) < 4.78 is 4.99. The first-order valence-corrected chi connectivity index (χ1v) is 7.45. The molecule has 0 amide bonds. The maximum absolute atomic E-state index is 5.86. The summed E-state index contributed by atoms with van der Waals surface area (Å²) >= 11 is 5.86. The van der Waals surface area contributed by atoms with Crippen LogP contribution in [0.3, 0.4) is 0 Å². The van der Waals surface area contributed by atoms with Crippen molar-refractivity contribution >= 4 is 29.2 Å². The molecule has 0 unspecified atom stereocenters. The number of benzene rings is 1. The molecule has 1 aromatic carbocycles. The average molecular weight is 331 g/mol. The van der Waals surface area contributed by atoms with Gasteiger partial charge in [-0.05, 0) is 31.0 Å². The molecule has 2 aromatic heterocycles. The molecule has 23 heavy (non-hydrogen) atoms. The van der Waals surface area contributed by atoms with Crippen molar-refractivity contribution < 1.29 is 4.52 Å². The lowest BCUT2D eigenvalue weighted by Gasteiger charge is -2.06. The molecule has 0 bridgehead atoms. The summed E-state index contributed by atoms with van der Waals surface area (Å²) in [6.45, 7) is 2.51. The summed E-state index contributed by atoms with van der Waals surface area (Å²) in [4.78, 5) is 4.32. The van der Waals surface area contributed by atoms with Crippen LogP contribution in [-0.2, 0) is 6.42 Å². The van der Waals surface area contributed by atoms with Crippen molar-refractivity contribution in [2.45, 2.75) is 13.3 Å². The molecule has 0 aliphatic rings. The lowest BCUT2D eigenvalue weighted by atomic mass is 10.1. The average Bonchev–Trinajstić information content (AvgIpc) is 2.95.